The van der Waals surface area contributed by atoms with Crippen molar-refractivity contribution in [2.75, 3.05) is 27.3 Å². The second-order valence-electron chi connectivity index (χ2n) is 10.7. The average molecular weight is 549 g/mol. The van der Waals surface area contributed by atoms with E-state index in [4.69, 9.17) is 24.0 Å². The van der Waals surface area contributed by atoms with Crippen molar-refractivity contribution >= 4 is 17.0 Å². The smallest absolute Gasteiger partial charge is 0.410 e. The summed E-state index contributed by atoms with van der Waals surface area (Å²) in [4.78, 5) is 18.9. The van der Waals surface area contributed by atoms with Crippen LogP contribution in [0.25, 0.3) is 22.2 Å². The van der Waals surface area contributed by atoms with Gasteiger partial charge >= 0.3 is 6.09 Å². The third-order valence-electron chi connectivity index (χ3n) is 6.69. The first-order valence-electron chi connectivity index (χ1n) is 13.2. The molecular formula is C30H33FN4O5. The second-order valence-corrected chi connectivity index (χ2v) is 10.7. The van der Waals surface area contributed by atoms with Gasteiger partial charge in [0.25, 0.3) is 0 Å². The molecule has 1 saturated heterocycles. The summed E-state index contributed by atoms with van der Waals surface area (Å²) in [5.41, 5.74) is 1.79. The van der Waals surface area contributed by atoms with Crippen LogP contribution in [0.3, 0.4) is 0 Å². The lowest BCUT2D eigenvalue weighted by molar-refractivity contribution is 0.0169. The molecule has 3 heterocycles. The number of halogens is 1. The van der Waals surface area contributed by atoms with Crippen molar-refractivity contribution in [3.8, 4) is 34.3 Å². The standard InChI is InChI=1S/C30H33FN4O5/c1-30(2,3)40-29(36)34-15-7-8-20(18-34)35-28-22(16-32-17-25(28)38-5)27(33-35)19-11-13-21(14-12-19)39-24-10-6-9-23(37-4)26(24)31/h6,9-14,16-17,20H,7-8,15,18H2,1-5H3. The second kappa shape index (κ2) is 11.0. The molecule has 1 aliphatic rings. The highest BCUT2D eigenvalue weighted by atomic mass is 19.1. The van der Waals surface area contributed by atoms with E-state index in [1.54, 1.807) is 48.7 Å². The summed E-state index contributed by atoms with van der Waals surface area (Å²) in [5.74, 6) is 0.683. The molecule has 0 saturated carbocycles. The van der Waals surface area contributed by atoms with Crippen LogP contribution < -0.4 is 14.2 Å². The van der Waals surface area contributed by atoms with Crippen LogP contribution in [0.2, 0.25) is 0 Å². The van der Waals surface area contributed by atoms with Gasteiger partial charge in [0.1, 0.15) is 22.6 Å². The fourth-order valence-electron chi connectivity index (χ4n) is 4.86. The Hall–Kier alpha value is -4.34. The minimum atomic E-state index is -0.571. The maximum absolute atomic E-state index is 14.6. The number of ether oxygens (including phenoxy) is 4. The molecule has 10 heteroatoms. The normalized spacial score (nSPS) is 15.7. The molecule has 1 atom stereocenters. The molecule has 1 amide bonds. The highest BCUT2D eigenvalue weighted by molar-refractivity contribution is 5.96. The summed E-state index contributed by atoms with van der Waals surface area (Å²) in [6, 6.07) is 11.9. The number of rotatable bonds is 6. The van der Waals surface area contributed by atoms with E-state index in [9.17, 15) is 9.18 Å². The van der Waals surface area contributed by atoms with E-state index in [0.717, 1.165) is 35.0 Å². The van der Waals surface area contributed by atoms with Gasteiger partial charge in [-0.1, -0.05) is 6.07 Å². The maximum atomic E-state index is 14.6. The molecule has 0 radical (unpaired) electrons. The van der Waals surface area contributed by atoms with E-state index in [2.05, 4.69) is 4.98 Å². The van der Waals surface area contributed by atoms with Gasteiger partial charge in [-0.15, -0.1) is 0 Å². The molecule has 2 aromatic heterocycles. The Morgan fingerprint density at radius 3 is 2.42 bits per heavy atom. The third-order valence-corrected chi connectivity index (χ3v) is 6.69. The number of amides is 1. The summed E-state index contributed by atoms with van der Waals surface area (Å²) < 4.78 is 38.6. The Balaban J connectivity index is 1.46. The molecule has 4 aromatic rings. The number of pyridine rings is 1. The molecule has 2 aromatic carbocycles. The molecule has 0 spiro atoms. The van der Waals surface area contributed by atoms with Gasteiger partial charge < -0.3 is 23.8 Å². The highest BCUT2D eigenvalue weighted by Gasteiger charge is 2.31. The number of hydrogen-bond donors (Lipinski definition) is 0. The zero-order valence-electron chi connectivity index (χ0n) is 23.3. The molecule has 9 nitrogen and oxygen atoms in total. The number of benzene rings is 2. The number of aromatic nitrogens is 3. The molecule has 40 heavy (non-hydrogen) atoms. The van der Waals surface area contributed by atoms with Crippen molar-refractivity contribution < 1.29 is 28.1 Å². The molecule has 1 unspecified atom stereocenters. The van der Waals surface area contributed by atoms with Crippen molar-refractivity contribution in [1.29, 1.82) is 0 Å². The zero-order valence-corrected chi connectivity index (χ0v) is 23.3. The third kappa shape index (κ3) is 5.52. The van der Waals surface area contributed by atoms with Gasteiger partial charge in [-0.05, 0) is 70.0 Å². The molecule has 1 fully saturated rings. The number of likely N-dealkylation sites (tertiary alicyclic amines) is 1. The first-order valence-corrected chi connectivity index (χ1v) is 13.2. The van der Waals surface area contributed by atoms with Gasteiger partial charge in [0.2, 0.25) is 5.82 Å². The van der Waals surface area contributed by atoms with E-state index >= 15 is 0 Å². The fourth-order valence-corrected chi connectivity index (χ4v) is 4.86. The molecular weight excluding hydrogens is 515 g/mol. The van der Waals surface area contributed by atoms with Crippen molar-refractivity contribution in [3.63, 3.8) is 0 Å². The molecule has 210 valence electrons. The fraction of sp³-hybridized carbons (Fsp3) is 0.367. The number of carbonyl (C=O) groups is 1. The van der Waals surface area contributed by atoms with Crippen LogP contribution in [0.5, 0.6) is 23.0 Å². The van der Waals surface area contributed by atoms with E-state index in [-0.39, 0.29) is 23.6 Å². The summed E-state index contributed by atoms with van der Waals surface area (Å²) >= 11 is 0. The largest absolute Gasteiger partial charge is 0.494 e. The van der Waals surface area contributed by atoms with Crippen molar-refractivity contribution in [3.05, 3.63) is 60.7 Å². The topological polar surface area (TPSA) is 87.9 Å². The summed E-state index contributed by atoms with van der Waals surface area (Å²) in [6.07, 6.45) is 4.77. The Bertz CT molecular complexity index is 1510. The first-order chi connectivity index (χ1) is 19.2. The number of piperidine rings is 1. The van der Waals surface area contributed by atoms with Gasteiger partial charge in [0, 0.05) is 24.8 Å². The minimum absolute atomic E-state index is 0.0719. The SMILES string of the molecule is COc1cccc(Oc2ccc(-c3nn(C4CCCN(C(=O)OC(C)(C)C)C4)c4c(OC)cncc34)cc2)c1F. The Kier molecular flexibility index (Phi) is 7.51. The summed E-state index contributed by atoms with van der Waals surface area (Å²) in [6.45, 7) is 6.68. The number of nitrogens with zero attached hydrogens (tertiary/aromatic N) is 4. The molecule has 0 N–H and O–H groups in total. The van der Waals surface area contributed by atoms with Crippen LogP contribution in [0.4, 0.5) is 9.18 Å². The predicted molar refractivity (Wildman–Crippen MR) is 149 cm³/mol. The zero-order chi connectivity index (χ0) is 28.4. The van der Waals surface area contributed by atoms with Gasteiger partial charge in [-0.2, -0.15) is 9.49 Å². The summed E-state index contributed by atoms with van der Waals surface area (Å²) in [7, 11) is 3.01. The number of methoxy groups -OCH3 is 2. The van der Waals surface area contributed by atoms with Crippen molar-refractivity contribution in [2.24, 2.45) is 0 Å². The lowest BCUT2D eigenvalue weighted by Crippen LogP contribution is -2.43. The Morgan fingerprint density at radius 1 is 1.00 bits per heavy atom. The summed E-state index contributed by atoms with van der Waals surface area (Å²) in [5, 5.41) is 5.83. The van der Waals surface area contributed by atoms with Crippen LogP contribution >= 0.6 is 0 Å². The molecule has 0 bridgehead atoms. The maximum Gasteiger partial charge on any atom is 0.410 e. The molecule has 0 aliphatic carbocycles. The van der Waals surface area contributed by atoms with Crippen LogP contribution in [-0.4, -0.2) is 58.7 Å². The van der Waals surface area contributed by atoms with Gasteiger partial charge in [-0.25, -0.2) is 4.79 Å². The average Bonchev–Trinajstić information content (AvgIpc) is 3.34. The monoisotopic (exact) mass is 548 g/mol. The lowest BCUT2D eigenvalue weighted by Gasteiger charge is -2.34. The van der Waals surface area contributed by atoms with Gasteiger partial charge in [0.15, 0.2) is 17.2 Å². The van der Waals surface area contributed by atoms with Crippen molar-refractivity contribution in [1.82, 2.24) is 19.7 Å². The van der Waals surface area contributed by atoms with Crippen molar-refractivity contribution in [2.45, 2.75) is 45.3 Å². The Labute approximate surface area is 232 Å². The number of carbonyl (C=O) groups excluding carboxylic acids is 1. The Morgan fingerprint density at radius 2 is 1.73 bits per heavy atom. The van der Waals surface area contributed by atoms with Gasteiger partial charge in [0.05, 0.1) is 31.8 Å². The molecule has 1 aliphatic heterocycles. The van der Waals surface area contributed by atoms with E-state index in [1.807, 2.05) is 37.6 Å². The van der Waals surface area contributed by atoms with E-state index in [0.29, 0.717) is 24.6 Å². The molecule has 5 rings (SSSR count). The quantitative estimate of drug-likeness (QED) is 0.268. The lowest BCUT2D eigenvalue weighted by atomic mass is 10.1. The number of hydrogen-bond acceptors (Lipinski definition) is 7. The van der Waals surface area contributed by atoms with E-state index in [1.165, 1.54) is 13.2 Å². The van der Waals surface area contributed by atoms with Gasteiger partial charge in [-0.3, -0.25) is 9.67 Å². The minimum Gasteiger partial charge on any atom is -0.494 e. The van der Waals surface area contributed by atoms with Crippen LogP contribution in [-0.2, 0) is 4.74 Å². The predicted octanol–water partition coefficient (Wildman–Crippen LogP) is 6.62. The van der Waals surface area contributed by atoms with Crippen LogP contribution in [0.15, 0.2) is 54.9 Å². The highest BCUT2D eigenvalue weighted by Crippen LogP contribution is 2.37. The van der Waals surface area contributed by atoms with Crippen LogP contribution in [0, 0.1) is 5.82 Å². The van der Waals surface area contributed by atoms with E-state index < -0.39 is 11.4 Å². The first kappa shape index (κ1) is 27.2. The number of fused-ring (bicyclic) bond motifs is 1. The van der Waals surface area contributed by atoms with Crippen LogP contribution in [0.1, 0.15) is 39.7 Å².